The minimum atomic E-state index is -0.850. The average Bonchev–Trinajstić information content (AvgIpc) is 2.39. The zero-order valence-corrected chi connectivity index (χ0v) is 11.6. The van der Waals surface area contributed by atoms with Crippen molar-refractivity contribution in [1.29, 1.82) is 0 Å². The Morgan fingerprint density at radius 3 is 3.00 bits per heavy atom. The lowest BCUT2D eigenvalue weighted by Crippen LogP contribution is -2.35. The third kappa shape index (κ3) is 2.99. The first-order valence-electron chi connectivity index (χ1n) is 6.43. The van der Waals surface area contributed by atoms with Gasteiger partial charge in [-0.25, -0.2) is 0 Å². The third-order valence-electron chi connectivity index (χ3n) is 3.54. The van der Waals surface area contributed by atoms with E-state index >= 15 is 0 Å². The summed E-state index contributed by atoms with van der Waals surface area (Å²) in [6.45, 7) is 0.671. The average molecular weight is 267 g/mol. The van der Waals surface area contributed by atoms with Crippen LogP contribution in [0.2, 0.25) is 0 Å². The molecule has 1 aromatic rings. The topological polar surface area (TPSA) is 52.3 Å². The zero-order chi connectivity index (χ0) is 13.0. The predicted molar refractivity (Wildman–Crippen MR) is 75.0 cm³/mol. The first kappa shape index (κ1) is 13.7. The molecular formula is C14H21NO2S. The van der Waals surface area contributed by atoms with Crippen LogP contribution in [0.5, 0.6) is 0 Å². The van der Waals surface area contributed by atoms with Gasteiger partial charge in [-0.15, -0.1) is 0 Å². The van der Waals surface area contributed by atoms with E-state index in [-0.39, 0.29) is 11.3 Å². The molecule has 18 heavy (non-hydrogen) atoms. The SMILES string of the molecule is COCCCS(=O)C1CCc2ccccc2C1N. The normalized spacial score (nSPS) is 24.6. The number of benzene rings is 1. The summed E-state index contributed by atoms with van der Waals surface area (Å²) >= 11 is 0. The number of hydrogen-bond donors (Lipinski definition) is 1. The minimum absolute atomic E-state index is 0.0849. The molecule has 2 N–H and O–H groups in total. The molecule has 0 bridgehead atoms. The highest BCUT2D eigenvalue weighted by Crippen LogP contribution is 2.31. The second-order valence-electron chi connectivity index (χ2n) is 4.73. The van der Waals surface area contributed by atoms with E-state index in [4.69, 9.17) is 10.5 Å². The maximum absolute atomic E-state index is 12.3. The summed E-state index contributed by atoms with van der Waals surface area (Å²) in [5.74, 6) is 0.689. The summed E-state index contributed by atoms with van der Waals surface area (Å²) in [5.41, 5.74) is 8.76. The first-order chi connectivity index (χ1) is 8.74. The number of rotatable bonds is 5. The van der Waals surface area contributed by atoms with Crippen LogP contribution >= 0.6 is 0 Å². The highest BCUT2D eigenvalue weighted by atomic mass is 32.2. The van der Waals surface area contributed by atoms with Crippen molar-refractivity contribution in [3.8, 4) is 0 Å². The van der Waals surface area contributed by atoms with Gasteiger partial charge < -0.3 is 10.5 Å². The molecule has 4 heteroatoms. The summed E-state index contributed by atoms with van der Waals surface area (Å²) in [4.78, 5) is 0. The summed E-state index contributed by atoms with van der Waals surface area (Å²) in [5, 5.41) is 0.0942. The van der Waals surface area contributed by atoms with Crippen LogP contribution in [0.1, 0.15) is 30.0 Å². The van der Waals surface area contributed by atoms with Crippen molar-refractivity contribution in [2.75, 3.05) is 19.5 Å². The molecule has 0 fully saturated rings. The van der Waals surface area contributed by atoms with Gasteiger partial charge in [0.2, 0.25) is 0 Å². The zero-order valence-electron chi connectivity index (χ0n) is 10.8. The molecule has 0 amide bonds. The van der Waals surface area contributed by atoms with Gasteiger partial charge >= 0.3 is 0 Å². The highest BCUT2D eigenvalue weighted by molar-refractivity contribution is 7.85. The van der Waals surface area contributed by atoms with E-state index in [1.54, 1.807) is 7.11 Å². The number of aryl methyl sites for hydroxylation is 1. The Morgan fingerprint density at radius 2 is 2.22 bits per heavy atom. The van der Waals surface area contributed by atoms with E-state index in [0.717, 1.165) is 19.3 Å². The molecule has 3 nitrogen and oxygen atoms in total. The molecule has 1 aliphatic rings. The molecule has 3 atom stereocenters. The Bertz CT molecular complexity index is 422. The van der Waals surface area contributed by atoms with E-state index < -0.39 is 10.8 Å². The fraction of sp³-hybridized carbons (Fsp3) is 0.571. The Kier molecular flexibility index (Phi) is 4.92. The first-order valence-corrected chi connectivity index (χ1v) is 7.81. The van der Waals surface area contributed by atoms with Gasteiger partial charge in [0.1, 0.15) is 0 Å². The molecule has 0 saturated carbocycles. The quantitative estimate of drug-likeness (QED) is 0.828. The summed E-state index contributed by atoms with van der Waals surface area (Å²) in [7, 11) is 0.822. The second-order valence-corrected chi connectivity index (χ2v) is 6.51. The van der Waals surface area contributed by atoms with Crippen molar-refractivity contribution in [2.45, 2.75) is 30.6 Å². The number of nitrogens with two attached hydrogens (primary N) is 1. The van der Waals surface area contributed by atoms with E-state index in [1.807, 2.05) is 12.1 Å². The van der Waals surface area contributed by atoms with Crippen molar-refractivity contribution in [3.05, 3.63) is 35.4 Å². The van der Waals surface area contributed by atoms with Crippen LogP contribution in [-0.4, -0.2) is 28.9 Å². The Morgan fingerprint density at radius 1 is 1.44 bits per heavy atom. The number of ether oxygens (including phenoxy) is 1. The van der Waals surface area contributed by atoms with Gasteiger partial charge in [0.05, 0.1) is 5.25 Å². The highest BCUT2D eigenvalue weighted by Gasteiger charge is 2.30. The molecule has 0 saturated heterocycles. The lowest BCUT2D eigenvalue weighted by Gasteiger charge is -2.30. The molecule has 1 aromatic carbocycles. The molecule has 3 unspecified atom stereocenters. The van der Waals surface area contributed by atoms with Crippen LogP contribution in [0.3, 0.4) is 0 Å². The molecule has 0 radical (unpaired) electrons. The van der Waals surface area contributed by atoms with Gasteiger partial charge in [0.25, 0.3) is 0 Å². The summed E-state index contributed by atoms with van der Waals surface area (Å²) in [6, 6.07) is 8.16. The number of hydrogen-bond acceptors (Lipinski definition) is 3. The van der Waals surface area contributed by atoms with E-state index in [2.05, 4.69) is 12.1 Å². The smallest absolute Gasteiger partial charge is 0.0544 e. The predicted octanol–water partition coefficient (Wildman–Crippen LogP) is 1.79. The van der Waals surface area contributed by atoms with Crippen LogP contribution in [-0.2, 0) is 22.0 Å². The molecule has 1 aliphatic carbocycles. The van der Waals surface area contributed by atoms with Gasteiger partial charge in [0, 0.05) is 36.3 Å². The second kappa shape index (κ2) is 6.45. The molecule has 100 valence electrons. The fourth-order valence-corrected chi connectivity index (χ4v) is 4.12. The maximum atomic E-state index is 12.3. The number of methoxy groups -OCH3 is 1. The Hall–Kier alpha value is -0.710. The van der Waals surface area contributed by atoms with Crippen molar-refractivity contribution >= 4 is 10.8 Å². The van der Waals surface area contributed by atoms with Crippen LogP contribution in [0.4, 0.5) is 0 Å². The standard InChI is InChI=1S/C14H21NO2S/c1-17-9-4-10-18(16)13-8-7-11-5-2-3-6-12(11)14(13)15/h2-3,5-6,13-14H,4,7-10,15H2,1H3. The van der Waals surface area contributed by atoms with Gasteiger partial charge in [-0.1, -0.05) is 24.3 Å². The van der Waals surface area contributed by atoms with E-state index in [9.17, 15) is 4.21 Å². The third-order valence-corrected chi connectivity index (χ3v) is 5.44. The molecular weight excluding hydrogens is 246 g/mol. The lowest BCUT2D eigenvalue weighted by molar-refractivity contribution is 0.200. The molecule has 2 rings (SSSR count). The molecule has 0 heterocycles. The molecule has 0 aliphatic heterocycles. The van der Waals surface area contributed by atoms with Crippen molar-refractivity contribution in [3.63, 3.8) is 0 Å². The van der Waals surface area contributed by atoms with E-state index in [1.165, 1.54) is 11.1 Å². The molecule has 0 aromatic heterocycles. The van der Waals surface area contributed by atoms with E-state index in [0.29, 0.717) is 12.4 Å². The van der Waals surface area contributed by atoms with Gasteiger partial charge in [-0.2, -0.15) is 0 Å². The summed E-state index contributed by atoms with van der Waals surface area (Å²) < 4.78 is 17.3. The maximum Gasteiger partial charge on any atom is 0.0544 e. The van der Waals surface area contributed by atoms with Crippen molar-refractivity contribution in [2.24, 2.45) is 5.73 Å². The fourth-order valence-electron chi connectivity index (χ4n) is 2.56. The summed E-state index contributed by atoms with van der Waals surface area (Å²) in [6.07, 6.45) is 2.76. The van der Waals surface area contributed by atoms with Crippen LogP contribution in [0.15, 0.2) is 24.3 Å². The minimum Gasteiger partial charge on any atom is -0.385 e. The lowest BCUT2D eigenvalue weighted by atomic mass is 9.88. The molecule has 0 spiro atoms. The largest absolute Gasteiger partial charge is 0.385 e. The van der Waals surface area contributed by atoms with Crippen LogP contribution in [0, 0.1) is 0 Å². The van der Waals surface area contributed by atoms with Gasteiger partial charge in [-0.3, -0.25) is 4.21 Å². The van der Waals surface area contributed by atoms with Crippen molar-refractivity contribution in [1.82, 2.24) is 0 Å². The van der Waals surface area contributed by atoms with Crippen LogP contribution in [0.25, 0.3) is 0 Å². The Balaban J connectivity index is 2.02. The monoisotopic (exact) mass is 267 g/mol. The van der Waals surface area contributed by atoms with Crippen molar-refractivity contribution < 1.29 is 8.95 Å². The van der Waals surface area contributed by atoms with Gasteiger partial charge in [-0.05, 0) is 30.4 Å². The van der Waals surface area contributed by atoms with Crippen LogP contribution < -0.4 is 5.73 Å². The number of fused-ring (bicyclic) bond motifs is 1. The Labute approximate surface area is 111 Å². The van der Waals surface area contributed by atoms with Gasteiger partial charge in [0.15, 0.2) is 0 Å².